The summed E-state index contributed by atoms with van der Waals surface area (Å²) in [6.07, 6.45) is 0. The van der Waals surface area contributed by atoms with E-state index < -0.39 is 5.97 Å². The number of ether oxygens (including phenoxy) is 2. The number of benzene rings is 1. The third-order valence-electron chi connectivity index (χ3n) is 1.63. The van der Waals surface area contributed by atoms with Crippen molar-refractivity contribution in [2.24, 2.45) is 0 Å². The highest BCUT2D eigenvalue weighted by Gasteiger charge is 2.14. The molecule has 0 saturated heterocycles. The van der Waals surface area contributed by atoms with E-state index >= 15 is 0 Å². The van der Waals surface area contributed by atoms with Crippen molar-refractivity contribution in [1.29, 1.82) is 0 Å². The second kappa shape index (κ2) is 7.53. The maximum absolute atomic E-state index is 10.7. The number of carboxylic acid groups (broad SMARTS) is 1. The van der Waals surface area contributed by atoms with Crippen LogP contribution in [0.15, 0.2) is 18.2 Å². The van der Waals surface area contributed by atoms with Crippen LogP contribution in [-0.2, 0) is 0 Å². The van der Waals surface area contributed by atoms with E-state index in [1.54, 1.807) is 19.1 Å². The van der Waals surface area contributed by atoms with Crippen LogP contribution >= 0.6 is 0 Å². The Balaban J connectivity index is 0.000000673. The van der Waals surface area contributed by atoms with Gasteiger partial charge in [0.2, 0.25) is 0 Å². The van der Waals surface area contributed by atoms with E-state index in [4.69, 9.17) is 19.7 Å². The van der Waals surface area contributed by atoms with Crippen molar-refractivity contribution in [1.82, 2.24) is 0 Å². The molecule has 0 saturated carbocycles. The Kier molecular flexibility index (Phi) is 6.71. The first-order valence-corrected chi connectivity index (χ1v) is 4.67. The number of aliphatic hydroxyl groups excluding tert-OH is 1. The highest BCUT2D eigenvalue weighted by molar-refractivity contribution is 5.91. The number of aromatic carboxylic acids is 1. The van der Waals surface area contributed by atoms with Crippen LogP contribution in [0.2, 0.25) is 0 Å². The molecule has 1 aromatic carbocycles. The molecule has 0 aliphatic rings. The molecule has 0 radical (unpaired) electrons. The molecule has 1 aromatic rings. The minimum Gasteiger partial charge on any atom is -0.493 e. The zero-order chi connectivity index (χ0) is 12.6. The van der Waals surface area contributed by atoms with Gasteiger partial charge in [0.25, 0.3) is 0 Å². The molecular formula is C11H16O5. The van der Waals surface area contributed by atoms with Crippen LogP contribution in [0.25, 0.3) is 0 Å². The second-order valence-electron chi connectivity index (χ2n) is 2.66. The van der Waals surface area contributed by atoms with Gasteiger partial charge in [-0.1, -0.05) is 6.07 Å². The number of methoxy groups -OCH3 is 2. The SMILES string of the molecule is CCO.COc1cccc(C(=O)O)c1OC. The van der Waals surface area contributed by atoms with Crippen molar-refractivity contribution in [3.05, 3.63) is 23.8 Å². The molecule has 0 atom stereocenters. The van der Waals surface area contributed by atoms with Crippen LogP contribution in [0, 0.1) is 0 Å². The molecule has 0 fully saturated rings. The molecular weight excluding hydrogens is 212 g/mol. The largest absolute Gasteiger partial charge is 0.493 e. The summed E-state index contributed by atoms with van der Waals surface area (Å²) < 4.78 is 9.86. The third-order valence-corrected chi connectivity index (χ3v) is 1.63. The normalized spacial score (nSPS) is 8.75. The third kappa shape index (κ3) is 3.78. The zero-order valence-electron chi connectivity index (χ0n) is 9.56. The van der Waals surface area contributed by atoms with Gasteiger partial charge in [-0.25, -0.2) is 4.79 Å². The Morgan fingerprint density at radius 3 is 2.25 bits per heavy atom. The monoisotopic (exact) mass is 228 g/mol. The predicted molar refractivity (Wildman–Crippen MR) is 59.3 cm³/mol. The molecule has 0 aliphatic carbocycles. The van der Waals surface area contributed by atoms with Crippen molar-refractivity contribution in [3.8, 4) is 11.5 Å². The van der Waals surface area contributed by atoms with Crippen molar-refractivity contribution < 1.29 is 24.5 Å². The van der Waals surface area contributed by atoms with Gasteiger partial charge in [0.05, 0.1) is 14.2 Å². The van der Waals surface area contributed by atoms with Gasteiger partial charge < -0.3 is 19.7 Å². The minimum absolute atomic E-state index is 0.0989. The lowest BCUT2D eigenvalue weighted by atomic mass is 10.2. The quantitative estimate of drug-likeness (QED) is 0.817. The van der Waals surface area contributed by atoms with Gasteiger partial charge in [0.1, 0.15) is 5.56 Å². The van der Waals surface area contributed by atoms with E-state index in [0.717, 1.165) is 0 Å². The molecule has 16 heavy (non-hydrogen) atoms. The van der Waals surface area contributed by atoms with Crippen LogP contribution in [-0.4, -0.2) is 37.0 Å². The molecule has 0 bridgehead atoms. The Hall–Kier alpha value is -1.75. The predicted octanol–water partition coefficient (Wildman–Crippen LogP) is 1.40. The lowest BCUT2D eigenvalue weighted by molar-refractivity contribution is 0.0692. The van der Waals surface area contributed by atoms with Crippen molar-refractivity contribution in [3.63, 3.8) is 0 Å². The van der Waals surface area contributed by atoms with E-state index in [1.165, 1.54) is 20.3 Å². The maximum atomic E-state index is 10.7. The molecule has 0 heterocycles. The standard InChI is InChI=1S/C9H10O4.C2H6O/c1-12-7-5-3-4-6(9(10)11)8(7)13-2;1-2-3/h3-5H,1-2H3,(H,10,11);3H,2H2,1H3. The molecule has 0 amide bonds. The van der Waals surface area contributed by atoms with Crippen LogP contribution < -0.4 is 9.47 Å². The first-order valence-electron chi connectivity index (χ1n) is 4.67. The molecule has 2 N–H and O–H groups in total. The number of hydrogen-bond donors (Lipinski definition) is 2. The summed E-state index contributed by atoms with van der Waals surface area (Å²) in [7, 11) is 2.87. The molecule has 5 heteroatoms. The van der Waals surface area contributed by atoms with Gasteiger partial charge >= 0.3 is 5.97 Å². The fraction of sp³-hybridized carbons (Fsp3) is 0.364. The summed E-state index contributed by atoms with van der Waals surface area (Å²) in [4.78, 5) is 10.7. The van der Waals surface area contributed by atoms with Gasteiger partial charge in [-0.3, -0.25) is 0 Å². The first-order chi connectivity index (χ1) is 7.62. The number of hydrogen-bond acceptors (Lipinski definition) is 4. The van der Waals surface area contributed by atoms with Crippen LogP contribution in [0.5, 0.6) is 11.5 Å². The van der Waals surface area contributed by atoms with Crippen molar-refractivity contribution in [2.45, 2.75) is 6.92 Å². The highest BCUT2D eigenvalue weighted by atomic mass is 16.5. The summed E-state index contributed by atoms with van der Waals surface area (Å²) in [5.74, 6) is -0.365. The fourth-order valence-corrected chi connectivity index (χ4v) is 1.06. The average Bonchev–Trinajstić information content (AvgIpc) is 2.28. The summed E-state index contributed by atoms with van der Waals surface area (Å²) >= 11 is 0. The van der Waals surface area contributed by atoms with Gasteiger partial charge in [0.15, 0.2) is 11.5 Å². The minimum atomic E-state index is -1.03. The number of carboxylic acids is 1. The Morgan fingerprint density at radius 2 is 1.88 bits per heavy atom. The Labute approximate surface area is 94.2 Å². The van der Waals surface area contributed by atoms with Crippen LogP contribution in [0.3, 0.4) is 0 Å². The maximum Gasteiger partial charge on any atom is 0.339 e. The fourth-order valence-electron chi connectivity index (χ4n) is 1.06. The lowest BCUT2D eigenvalue weighted by Crippen LogP contribution is -2.01. The molecule has 90 valence electrons. The van der Waals surface area contributed by atoms with Gasteiger partial charge in [-0.05, 0) is 19.1 Å². The number of aliphatic hydroxyl groups is 1. The van der Waals surface area contributed by atoms with Crippen LogP contribution in [0.4, 0.5) is 0 Å². The number of rotatable bonds is 3. The van der Waals surface area contributed by atoms with E-state index in [1.807, 2.05) is 0 Å². The summed E-state index contributed by atoms with van der Waals surface area (Å²) in [5.41, 5.74) is 0.0989. The van der Waals surface area contributed by atoms with Gasteiger partial charge in [0, 0.05) is 6.61 Å². The van der Waals surface area contributed by atoms with Crippen molar-refractivity contribution in [2.75, 3.05) is 20.8 Å². The molecule has 5 nitrogen and oxygen atoms in total. The lowest BCUT2D eigenvalue weighted by Gasteiger charge is -2.08. The first kappa shape index (κ1) is 14.2. The van der Waals surface area contributed by atoms with Crippen molar-refractivity contribution >= 4 is 5.97 Å². The second-order valence-corrected chi connectivity index (χ2v) is 2.66. The van der Waals surface area contributed by atoms with Gasteiger partial charge in [-0.2, -0.15) is 0 Å². The van der Waals surface area contributed by atoms with E-state index in [2.05, 4.69) is 0 Å². The van der Waals surface area contributed by atoms with E-state index in [0.29, 0.717) is 5.75 Å². The molecule has 0 aliphatic heterocycles. The highest BCUT2D eigenvalue weighted by Crippen LogP contribution is 2.30. The number of carbonyl (C=O) groups is 1. The Bertz CT molecular complexity index is 335. The average molecular weight is 228 g/mol. The molecule has 0 spiro atoms. The summed E-state index contributed by atoms with van der Waals surface area (Å²) in [5, 5.41) is 16.4. The van der Waals surface area contributed by atoms with E-state index in [-0.39, 0.29) is 17.9 Å². The summed E-state index contributed by atoms with van der Waals surface area (Å²) in [6, 6.07) is 4.71. The van der Waals surface area contributed by atoms with Crippen LogP contribution in [0.1, 0.15) is 17.3 Å². The van der Waals surface area contributed by atoms with Gasteiger partial charge in [-0.15, -0.1) is 0 Å². The zero-order valence-corrected chi connectivity index (χ0v) is 9.56. The molecule has 0 aromatic heterocycles. The smallest absolute Gasteiger partial charge is 0.339 e. The molecule has 0 unspecified atom stereocenters. The Morgan fingerprint density at radius 1 is 1.31 bits per heavy atom. The summed E-state index contributed by atoms with van der Waals surface area (Å²) in [6.45, 7) is 1.93. The van der Waals surface area contributed by atoms with E-state index in [9.17, 15) is 4.79 Å². The number of para-hydroxylation sites is 1. The topological polar surface area (TPSA) is 76.0 Å². The molecule has 1 rings (SSSR count).